The first-order valence-electron chi connectivity index (χ1n) is 8.67. The first kappa shape index (κ1) is 21.4. The predicted molar refractivity (Wildman–Crippen MR) is 98.6 cm³/mol. The predicted octanol–water partition coefficient (Wildman–Crippen LogP) is 0.471. The molecule has 0 bridgehead atoms. The number of amides is 4. The van der Waals surface area contributed by atoms with E-state index >= 15 is 0 Å². The van der Waals surface area contributed by atoms with E-state index in [9.17, 15) is 27.9 Å². The molecule has 0 fully saturated rings. The number of benzene rings is 1. The third kappa shape index (κ3) is 4.16. The maximum Gasteiger partial charge on any atom is 0.324 e. The van der Waals surface area contributed by atoms with Crippen molar-refractivity contribution in [2.75, 3.05) is 20.1 Å². The Morgan fingerprint density at radius 3 is 2.50 bits per heavy atom. The van der Waals surface area contributed by atoms with Crippen LogP contribution in [0, 0.1) is 0 Å². The number of nitrogens with zero attached hydrogens (tertiary/aromatic N) is 2. The summed E-state index contributed by atoms with van der Waals surface area (Å²) in [5, 5.41) is 13.5. The number of rotatable bonds is 6. The first-order chi connectivity index (χ1) is 13.1. The van der Waals surface area contributed by atoms with Crippen molar-refractivity contribution in [3.8, 4) is 0 Å². The highest BCUT2D eigenvalue weighted by Crippen LogP contribution is 2.22. The van der Waals surface area contributed by atoms with E-state index in [1.165, 1.54) is 18.2 Å². The van der Waals surface area contributed by atoms with Crippen LogP contribution in [-0.4, -0.2) is 55.8 Å². The van der Waals surface area contributed by atoms with E-state index in [4.69, 9.17) is 0 Å². The number of carbonyl (C=O) groups excluding carboxylic acids is 3. The quantitative estimate of drug-likeness (QED) is 0.729. The first-order valence-corrected chi connectivity index (χ1v) is 10.1. The molecule has 0 aromatic heterocycles. The van der Waals surface area contributed by atoms with Crippen molar-refractivity contribution < 1.29 is 27.9 Å². The molecule has 10 heteroatoms. The van der Waals surface area contributed by atoms with Crippen LogP contribution >= 0.6 is 0 Å². The maximum absolute atomic E-state index is 12.4. The van der Waals surface area contributed by atoms with E-state index in [1.807, 2.05) is 6.92 Å². The second-order valence-corrected chi connectivity index (χ2v) is 8.27. The second kappa shape index (κ2) is 8.42. The smallest absolute Gasteiger partial charge is 0.324 e. The highest BCUT2D eigenvalue weighted by atomic mass is 32.2. The molecule has 1 heterocycles. The van der Waals surface area contributed by atoms with Gasteiger partial charge in [0.2, 0.25) is 0 Å². The zero-order valence-electron chi connectivity index (χ0n) is 15.9. The number of carboxylic acid groups (broad SMARTS) is 1. The van der Waals surface area contributed by atoms with Gasteiger partial charge in [-0.15, -0.1) is 0 Å². The Labute approximate surface area is 163 Å². The minimum atomic E-state index is -4.27. The molecule has 0 aliphatic carbocycles. The van der Waals surface area contributed by atoms with Crippen LogP contribution in [-0.2, 0) is 21.2 Å². The van der Waals surface area contributed by atoms with Crippen molar-refractivity contribution in [1.29, 1.82) is 0 Å². The Kier molecular flexibility index (Phi) is 6.45. The molecule has 0 saturated carbocycles. The van der Waals surface area contributed by atoms with Gasteiger partial charge in [0.1, 0.15) is 0 Å². The highest BCUT2D eigenvalue weighted by molar-refractivity contribution is 7.89. The molecular formula is C18H22N3O6S-. The van der Waals surface area contributed by atoms with Crippen molar-refractivity contribution in [2.24, 2.45) is 0 Å². The van der Waals surface area contributed by atoms with Crippen LogP contribution in [0.15, 0.2) is 40.3 Å². The largest absolute Gasteiger partial charge is 0.529 e. The molecule has 4 amide bonds. The lowest BCUT2D eigenvalue weighted by atomic mass is 10.1. The van der Waals surface area contributed by atoms with Crippen LogP contribution in [0.25, 0.3) is 0 Å². The van der Waals surface area contributed by atoms with Gasteiger partial charge in [-0.25, -0.2) is 13.2 Å². The van der Waals surface area contributed by atoms with Gasteiger partial charge in [0.25, 0.3) is 15.9 Å². The lowest BCUT2D eigenvalue weighted by molar-refractivity contribution is -0.258. The van der Waals surface area contributed by atoms with E-state index in [1.54, 1.807) is 13.0 Å². The fraction of sp³-hybridized carbons (Fsp3) is 0.389. The second-order valence-electron chi connectivity index (χ2n) is 6.33. The van der Waals surface area contributed by atoms with Gasteiger partial charge in [0.15, 0.2) is 6.09 Å². The van der Waals surface area contributed by atoms with Crippen molar-refractivity contribution in [3.05, 3.63) is 41.0 Å². The Morgan fingerprint density at radius 1 is 1.29 bits per heavy atom. The number of hydrogen-bond donors (Lipinski definition) is 1. The minimum Gasteiger partial charge on any atom is -0.529 e. The van der Waals surface area contributed by atoms with E-state index in [2.05, 4.69) is 5.32 Å². The van der Waals surface area contributed by atoms with Gasteiger partial charge in [-0.1, -0.05) is 25.1 Å². The topological polar surface area (TPSA) is 127 Å². The molecule has 1 aromatic rings. The maximum atomic E-state index is 12.4. The van der Waals surface area contributed by atoms with Gasteiger partial charge >= 0.3 is 6.03 Å². The van der Waals surface area contributed by atoms with E-state index in [-0.39, 0.29) is 34.6 Å². The van der Waals surface area contributed by atoms with Crippen molar-refractivity contribution in [2.45, 2.75) is 31.6 Å². The molecule has 9 nitrogen and oxygen atoms in total. The molecule has 0 unspecified atom stereocenters. The zero-order valence-corrected chi connectivity index (χ0v) is 16.7. The summed E-state index contributed by atoms with van der Waals surface area (Å²) in [5.74, 6) is -0.323. The Hall–Kier alpha value is -2.88. The molecule has 1 aliphatic rings. The molecule has 0 saturated heterocycles. The normalized spacial score (nSPS) is 14.4. The third-order valence-corrected chi connectivity index (χ3v) is 6.38. The Morgan fingerprint density at radius 2 is 1.93 bits per heavy atom. The summed E-state index contributed by atoms with van der Waals surface area (Å²) in [5.41, 5.74) is 1.81. The molecule has 1 aliphatic heterocycles. The summed E-state index contributed by atoms with van der Waals surface area (Å²) in [7, 11) is -3.38. The SMILES string of the molecule is CCC1=C(C)CN(C(=O)NCCc2ccccc2S(=O)(=O)N(C)C(=O)[O-])C1=O. The summed E-state index contributed by atoms with van der Waals surface area (Å²) in [6.45, 7) is 3.96. The van der Waals surface area contributed by atoms with Gasteiger partial charge in [0.05, 0.1) is 11.4 Å². The molecule has 1 N–H and O–H groups in total. The van der Waals surface area contributed by atoms with Gasteiger partial charge in [-0.2, -0.15) is 0 Å². The molecule has 1 aromatic carbocycles. The molecule has 28 heavy (non-hydrogen) atoms. The van der Waals surface area contributed by atoms with E-state index < -0.39 is 22.1 Å². The lowest BCUT2D eigenvalue weighted by Gasteiger charge is -2.21. The average Bonchev–Trinajstić information content (AvgIpc) is 2.94. The Balaban J connectivity index is 2.06. The van der Waals surface area contributed by atoms with Gasteiger partial charge in [-0.3, -0.25) is 14.0 Å². The lowest BCUT2D eigenvalue weighted by Crippen LogP contribution is -2.43. The number of urea groups is 1. The average molecular weight is 408 g/mol. The fourth-order valence-corrected chi connectivity index (χ4v) is 4.22. The molecule has 0 radical (unpaired) electrons. The molecule has 0 spiro atoms. The minimum absolute atomic E-state index is 0.0741. The van der Waals surface area contributed by atoms with Crippen molar-refractivity contribution in [3.63, 3.8) is 0 Å². The summed E-state index contributed by atoms with van der Waals surface area (Å²) in [6, 6.07) is 5.35. The summed E-state index contributed by atoms with van der Waals surface area (Å²) < 4.78 is 24.9. The number of nitrogens with one attached hydrogen (secondary N) is 1. The van der Waals surface area contributed by atoms with Crippen LogP contribution in [0.4, 0.5) is 9.59 Å². The number of carbonyl (C=O) groups is 3. The van der Waals surface area contributed by atoms with Crippen LogP contribution in [0.1, 0.15) is 25.8 Å². The number of hydrogen-bond acceptors (Lipinski definition) is 6. The van der Waals surface area contributed by atoms with Crippen molar-refractivity contribution in [1.82, 2.24) is 14.5 Å². The summed E-state index contributed by atoms with van der Waals surface area (Å²) in [4.78, 5) is 36.4. The fourth-order valence-electron chi connectivity index (χ4n) is 2.97. The van der Waals surface area contributed by atoms with Gasteiger partial charge in [0, 0.05) is 19.2 Å². The van der Waals surface area contributed by atoms with E-state index in [0.717, 1.165) is 17.5 Å². The highest BCUT2D eigenvalue weighted by Gasteiger charge is 2.31. The molecule has 2 rings (SSSR count). The van der Waals surface area contributed by atoms with Crippen LogP contribution < -0.4 is 10.4 Å². The summed E-state index contributed by atoms with van der Waals surface area (Å²) in [6.07, 6.45) is -1.16. The standard InChI is InChI=1S/C18H23N3O6S/c1-4-14-12(2)11-21(16(14)22)17(23)19-10-9-13-7-5-6-8-15(13)28(26,27)20(3)18(24)25/h5-8H,4,9-11H2,1-3H3,(H,19,23)(H,24,25)/p-1. The Bertz CT molecular complexity index is 938. The molecule has 152 valence electrons. The zero-order chi connectivity index (χ0) is 21.1. The molecular weight excluding hydrogens is 386 g/mol. The summed E-state index contributed by atoms with van der Waals surface area (Å²) >= 11 is 0. The van der Waals surface area contributed by atoms with Gasteiger partial charge < -0.3 is 15.2 Å². The van der Waals surface area contributed by atoms with Crippen LogP contribution in [0.3, 0.4) is 0 Å². The third-order valence-electron chi connectivity index (χ3n) is 4.55. The van der Waals surface area contributed by atoms with Crippen LogP contribution in [0.2, 0.25) is 0 Å². The van der Waals surface area contributed by atoms with E-state index in [0.29, 0.717) is 17.6 Å². The van der Waals surface area contributed by atoms with Crippen LogP contribution in [0.5, 0.6) is 0 Å². The van der Waals surface area contributed by atoms with Gasteiger partial charge in [-0.05, 0) is 37.0 Å². The monoisotopic (exact) mass is 408 g/mol. The van der Waals surface area contributed by atoms with Crippen molar-refractivity contribution >= 4 is 28.1 Å². The number of imide groups is 1. The number of sulfonamides is 1. The molecule has 0 atom stereocenters.